The van der Waals surface area contributed by atoms with Gasteiger partial charge in [0.05, 0.1) is 0 Å². The molecule has 1 amide bonds. The zero-order valence-electron chi connectivity index (χ0n) is 11.3. The van der Waals surface area contributed by atoms with Gasteiger partial charge in [0.25, 0.3) is 5.91 Å². The van der Waals surface area contributed by atoms with Crippen molar-refractivity contribution in [3.63, 3.8) is 0 Å². The fraction of sp³-hybridized carbons (Fsp3) is 0.533. The van der Waals surface area contributed by atoms with Gasteiger partial charge in [0.1, 0.15) is 0 Å². The highest BCUT2D eigenvalue weighted by atomic mass is 16.2. The van der Waals surface area contributed by atoms with Crippen LogP contribution in [0, 0.1) is 0 Å². The van der Waals surface area contributed by atoms with Crippen LogP contribution in [0.4, 0.5) is 0 Å². The molecule has 1 fully saturated rings. The van der Waals surface area contributed by atoms with Crippen LogP contribution in [-0.4, -0.2) is 48.4 Å². The van der Waals surface area contributed by atoms with Gasteiger partial charge < -0.3 is 9.80 Å². The second-order valence-corrected chi connectivity index (χ2v) is 4.95. The Hall–Kier alpha value is -1.35. The van der Waals surface area contributed by atoms with E-state index in [9.17, 15) is 4.79 Å². The maximum atomic E-state index is 12.3. The summed E-state index contributed by atoms with van der Waals surface area (Å²) in [4.78, 5) is 16.7. The Morgan fingerprint density at radius 3 is 2.44 bits per heavy atom. The minimum absolute atomic E-state index is 0.144. The first kappa shape index (κ1) is 13.1. The van der Waals surface area contributed by atoms with Crippen molar-refractivity contribution < 1.29 is 4.79 Å². The summed E-state index contributed by atoms with van der Waals surface area (Å²) in [5.41, 5.74) is 0.790. The van der Waals surface area contributed by atoms with E-state index in [0.29, 0.717) is 6.04 Å². The number of carbonyl (C=O) groups excluding carboxylic acids is 1. The molecule has 1 heterocycles. The summed E-state index contributed by atoms with van der Waals surface area (Å²) < 4.78 is 0. The topological polar surface area (TPSA) is 23.6 Å². The van der Waals surface area contributed by atoms with Crippen molar-refractivity contribution in [2.75, 3.05) is 26.7 Å². The Bertz CT molecular complexity index is 383. The normalized spacial score (nSPS) is 17.7. The molecule has 0 bridgehead atoms. The van der Waals surface area contributed by atoms with E-state index < -0.39 is 0 Å². The molecule has 0 aliphatic carbocycles. The summed E-state index contributed by atoms with van der Waals surface area (Å²) in [5.74, 6) is 0.144. The minimum atomic E-state index is 0.144. The molecule has 18 heavy (non-hydrogen) atoms. The number of amides is 1. The minimum Gasteiger partial charge on any atom is -0.339 e. The van der Waals surface area contributed by atoms with Gasteiger partial charge in [0.2, 0.25) is 0 Å². The Kier molecular flexibility index (Phi) is 4.37. The monoisotopic (exact) mass is 246 g/mol. The zero-order valence-corrected chi connectivity index (χ0v) is 11.3. The van der Waals surface area contributed by atoms with Crippen LogP contribution in [0.2, 0.25) is 0 Å². The van der Waals surface area contributed by atoms with Gasteiger partial charge in [-0.2, -0.15) is 0 Å². The number of piperidine rings is 1. The molecule has 1 aliphatic rings. The molecule has 0 unspecified atom stereocenters. The standard InChI is InChI=1S/C15H22N2O/c1-3-17-11-9-14(10-12-17)16(2)15(18)13-7-5-4-6-8-13/h4-8,14H,3,9-12H2,1-2H3. The van der Waals surface area contributed by atoms with Crippen LogP contribution in [0.3, 0.4) is 0 Å². The molecule has 2 rings (SSSR count). The number of carbonyl (C=O) groups is 1. The van der Waals surface area contributed by atoms with Gasteiger partial charge in [-0.3, -0.25) is 4.79 Å². The summed E-state index contributed by atoms with van der Waals surface area (Å²) in [5, 5.41) is 0. The first-order chi connectivity index (χ1) is 8.72. The Morgan fingerprint density at radius 1 is 1.28 bits per heavy atom. The maximum Gasteiger partial charge on any atom is 0.253 e. The molecular weight excluding hydrogens is 224 g/mol. The lowest BCUT2D eigenvalue weighted by molar-refractivity contribution is 0.0647. The van der Waals surface area contributed by atoms with Crippen LogP contribution in [0.25, 0.3) is 0 Å². The van der Waals surface area contributed by atoms with Gasteiger partial charge in [0.15, 0.2) is 0 Å². The van der Waals surface area contributed by atoms with E-state index in [1.807, 2.05) is 42.3 Å². The highest BCUT2D eigenvalue weighted by Crippen LogP contribution is 2.17. The average Bonchev–Trinajstić information content (AvgIpc) is 2.47. The molecule has 0 aromatic heterocycles. The van der Waals surface area contributed by atoms with E-state index in [4.69, 9.17) is 0 Å². The SMILES string of the molecule is CCN1CCC(N(C)C(=O)c2ccccc2)CC1. The second kappa shape index (κ2) is 6.01. The summed E-state index contributed by atoms with van der Waals surface area (Å²) in [6, 6.07) is 9.94. The predicted molar refractivity (Wildman–Crippen MR) is 73.7 cm³/mol. The van der Waals surface area contributed by atoms with Crippen molar-refractivity contribution >= 4 is 5.91 Å². The first-order valence-electron chi connectivity index (χ1n) is 6.77. The van der Waals surface area contributed by atoms with Crippen LogP contribution in [-0.2, 0) is 0 Å². The molecule has 0 radical (unpaired) electrons. The van der Waals surface area contributed by atoms with E-state index >= 15 is 0 Å². The molecule has 0 N–H and O–H groups in total. The number of hydrogen-bond donors (Lipinski definition) is 0. The third-order valence-corrected chi connectivity index (χ3v) is 3.89. The smallest absolute Gasteiger partial charge is 0.253 e. The molecule has 0 atom stereocenters. The van der Waals surface area contributed by atoms with E-state index in [1.165, 1.54) is 0 Å². The van der Waals surface area contributed by atoms with Crippen LogP contribution >= 0.6 is 0 Å². The van der Waals surface area contributed by atoms with Gasteiger partial charge in [-0.25, -0.2) is 0 Å². The highest BCUT2D eigenvalue weighted by molar-refractivity contribution is 5.94. The summed E-state index contributed by atoms with van der Waals surface area (Å²) in [6.45, 7) is 5.52. The van der Waals surface area contributed by atoms with E-state index in [1.54, 1.807) is 0 Å². The number of rotatable bonds is 3. The molecule has 1 saturated heterocycles. The van der Waals surface area contributed by atoms with E-state index in [-0.39, 0.29) is 5.91 Å². The largest absolute Gasteiger partial charge is 0.339 e. The molecule has 1 aromatic rings. The van der Waals surface area contributed by atoms with Crippen molar-refractivity contribution in [2.24, 2.45) is 0 Å². The molecule has 98 valence electrons. The summed E-state index contributed by atoms with van der Waals surface area (Å²) in [6.07, 6.45) is 2.17. The van der Waals surface area contributed by atoms with Gasteiger partial charge in [-0.05, 0) is 31.5 Å². The number of hydrogen-bond acceptors (Lipinski definition) is 2. The van der Waals surface area contributed by atoms with Crippen LogP contribution in [0.1, 0.15) is 30.1 Å². The van der Waals surface area contributed by atoms with Gasteiger partial charge in [-0.15, -0.1) is 0 Å². The molecule has 0 spiro atoms. The summed E-state index contributed by atoms with van der Waals surface area (Å²) >= 11 is 0. The van der Waals surface area contributed by atoms with Crippen LogP contribution < -0.4 is 0 Å². The number of likely N-dealkylation sites (tertiary alicyclic amines) is 1. The van der Waals surface area contributed by atoms with Crippen molar-refractivity contribution in [1.82, 2.24) is 9.80 Å². The third-order valence-electron chi connectivity index (χ3n) is 3.89. The zero-order chi connectivity index (χ0) is 13.0. The van der Waals surface area contributed by atoms with Gasteiger partial charge >= 0.3 is 0 Å². The molecular formula is C15H22N2O. The molecule has 3 nitrogen and oxygen atoms in total. The lowest BCUT2D eigenvalue weighted by Gasteiger charge is -2.36. The third kappa shape index (κ3) is 2.91. The fourth-order valence-electron chi connectivity index (χ4n) is 2.57. The lowest BCUT2D eigenvalue weighted by atomic mass is 10.0. The van der Waals surface area contributed by atoms with E-state index in [2.05, 4.69) is 11.8 Å². The van der Waals surface area contributed by atoms with Crippen molar-refractivity contribution in [2.45, 2.75) is 25.8 Å². The molecule has 3 heteroatoms. The second-order valence-electron chi connectivity index (χ2n) is 4.95. The molecule has 1 aromatic carbocycles. The van der Waals surface area contributed by atoms with Crippen LogP contribution in [0.5, 0.6) is 0 Å². The van der Waals surface area contributed by atoms with Crippen molar-refractivity contribution in [1.29, 1.82) is 0 Å². The predicted octanol–water partition coefficient (Wildman–Crippen LogP) is 2.24. The van der Waals surface area contributed by atoms with E-state index in [0.717, 1.165) is 38.0 Å². The summed E-state index contributed by atoms with van der Waals surface area (Å²) in [7, 11) is 1.93. The number of benzene rings is 1. The van der Waals surface area contributed by atoms with Crippen LogP contribution in [0.15, 0.2) is 30.3 Å². The highest BCUT2D eigenvalue weighted by Gasteiger charge is 2.25. The fourth-order valence-corrected chi connectivity index (χ4v) is 2.57. The molecule has 1 aliphatic heterocycles. The molecule has 0 saturated carbocycles. The quantitative estimate of drug-likeness (QED) is 0.816. The Morgan fingerprint density at radius 2 is 1.89 bits per heavy atom. The Balaban J connectivity index is 1.96. The first-order valence-corrected chi connectivity index (χ1v) is 6.77. The number of nitrogens with zero attached hydrogens (tertiary/aromatic N) is 2. The van der Waals surface area contributed by atoms with Crippen molar-refractivity contribution in [3.05, 3.63) is 35.9 Å². The maximum absolute atomic E-state index is 12.3. The van der Waals surface area contributed by atoms with Gasteiger partial charge in [-0.1, -0.05) is 25.1 Å². The average molecular weight is 246 g/mol. The van der Waals surface area contributed by atoms with Gasteiger partial charge in [0, 0.05) is 31.7 Å². The van der Waals surface area contributed by atoms with Crippen molar-refractivity contribution in [3.8, 4) is 0 Å². The lowest BCUT2D eigenvalue weighted by Crippen LogP contribution is -2.45. The Labute approximate surface area is 109 Å².